The van der Waals surface area contributed by atoms with E-state index in [4.69, 9.17) is 9.84 Å². The molecule has 0 fully saturated rings. The molecule has 2 aromatic carbocycles. The number of para-hydroxylation sites is 1. The zero-order valence-electron chi connectivity index (χ0n) is 20.5. The Labute approximate surface area is 210 Å². The summed E-state index contributed by atoms with van der Waals surface area (Å²) in [5, 5.41) is 8.01. The number of amides is 2. The maximum Gasteiger partial charge on any atom is 0.318 e. The van der Waals surface area contributed by atoms with E-state index in [0.717, 1.165) is 40.4 Å². The van der Waals surface area contributed by atoms with Gasteiger partial charge >= 0.3 is 6.03 Å². The second-order valence-electron chi connectivity index (χ2n) is 8.81. The summed E-state index contributed by atoms with van der Waals surface area (Å²) in [4.78, 5) is 15.5. The smallest absolute Gasteiger partial charge is 0.318 e. The normalized spacial score (nSPS) is 14.8. The van der Waals surface area contributed by atoms with Gasteiger partial charge in [0, 0.05) is 32.0 Å². The third kappa shape index (κ3) is 4.40. The van der Waals surface area contributed by atoms with E-state index < -0.39 is 6.04 Å². The first kappa shape index (κ1) is 23.8. The third-order valence-corrected chi connectivity index (χ3v) is 6.55. The van der Waals surface area contributed by atoms with Crippen molar-refractivity contribution in [1.82, 2.24) is 24.6 Å². The highest BCUT2D eigenvalue weighted by Gasteiger charge is 2.36. The van der Waals surface area contributed by atoms with Crippen LogP contribution in [0.25, 0.3) is 11.5 Å². The molecule has 7 nitrogen and oxygen atoms in total. The molecule has 2 amide bonds. The van der Waals surface area contributed by atoms with Gasteiger partial charge in [-0.1, -0.05) is 37.3 Å². The van der Waals surface area contributed by atoms with Gasteiger partial charge in [-0.25, -0.2) is 13.9 Å². The number of aryl methyl sites for hydroxylation is 1. The Hall–Kier alpha value is -3.91. The molecule has 186 valence electrons. The Morgan fingerprint density at radius 2 is 1.89 bits per heavy atom. The molecule has 0 bridgehead atoms. The van der Waals surface area contributed by atoms with Crippen molar-refractivity contribution < 1.29 is 13.9 Å². The zero-order chi connectivity index (χ0) is 25.1. The number of ether oxygens (including phenoxy) is 1. The molecule has 3 heterocycles. The lowest BCUT2D eigenvalue weighted by atomic mass is 10.0. The number of nitrogens with zero attached hydrogens (tertiary/aromatic N) is 4. The molecule has 5 rings (SSSR count). The fourth-order valence-electron chi connectivity index (χ4n) is 4.86. The molecular weight excluding hydrogens is 457 g/mol. The Bertz CT molecular complexity index is 1330. The van der Waals surface area contributed by atoms with E-state index in [1.54, 1.807) is 19.2 Å². The van der Waals surface area contributed by atoms with Crippen LogP contribution in [0, 0.1) is 5.82 Å². The topological polar surface area (TPSA) is 64.3 Å². The van der Waals surface area contributed by atoms with E-state index >= 15 is 0 Å². The number of carbonyl (C=O) groups is 1. The van der Waals surface area contributed by atoms with Crippen LogP contribution in [0.1, 0.15) is 41.9 Å². The van der Waals surface area contributed by atoms with Crippen molar-refractivity contribution in [2.75, 3.05) is 20.3 Å². The summed E-state index contributed by atoms with van der Waals surface area (Å²) in [6.45, 7) is 3.51. The van der Waals surface area contributed by atoms with E-state index in [2.05, 4.69) is 16.8 Å². The zero-order valence-corrected chi connectivity index (χ0v) is 20.5. The minimum Gasteiger partial charge on any atom is -0.385 e. The summed E-state index contributed by atoms with van der Waals surface area (Å²) in [5.74, 6) is 0.606. The highest BCUT2D eigenvalue weighted by atomic mass is 19.1. The van der Waals surface area contributed by atoms with Crippen LogP contribution in [0.4, 0.5) is 9.18 Å². The molecule has 2 aromatic heterocycles. The van der Waals surface area contributed by atoms with Gasteiger partial charge in [-0.3, -0.25) is 0 Å². The van der Waals surface area contributed by atoms with Crippen LogP contribution >= 0.6 is 0 Å². The summed E-state index contributed by atoms with van der Waals surface area (Å²) in [6, 6.07) is 19.8. The van der Waals surface area contributed by atoms with E-state index in [1.165, 1.54) is 12.1 Å². The molecule has 0 radical (unpaired) electrons. The number of methoxy groups -OCH3 is 1. The van der Waals surface area contributed by atoms with Crippen LogP contribution in [0.15, 0.2) is 72.9 Å². The van der Waals surface area contributed by atoms with Crippen molar-refractivity contribution in [1.29, 1.82) is 0 Å². The molecule has 36 heavy (non-hydrogen) atoms. The van der Waals surface area contributed by atoms with Crippen molar-refractivity contribution >= 4 is 6.03 Å². The van der Waals surface area contributed by atoms with Gasteiger partial charge in [0.05, 0.1) is 29.7 Å². The molecular formula is C28H30FN5O2. The van der Waals surface area contributed by atoms with Gasteiger partial charge in [0.15, 0.2) is 0 Å². The first-order chi connectivity index (χ1) is 17.6. The molecule has 0 spiro atoms. The number of nitrogens with one attached hydrogen (secondary N) is 1. The molecule has 4 aromatic rings. The fourth-order valence-corrected chi connectivity index (χ4v) is 4.86. The summed E-state index contributed by atoms with van der Waals surface area (Å²) in [6.07, 6.45) is 3.44. The fraction of sp³-hybridized carbons (Fsp3) is 0.286. The predicted molar refractivity (Wildman–Crippen MR) is 136 cm³/mol. The lowest BCUT2D eigenvalue weighted by Gasteiger charge is -2.31. The summed E-state index contributed by atoms with van der Waals surface area (Å²) < 4.78 is 23.1. The van der Waals surface area contributed by atoms with Crippen LogP contribution < -0.4 is 5.32 Å². The molecule has 0 saturated heterocycles. The second kappa shape index (κ2) is 10.4. The van der Waals surface area contributed by atoms with Gasteiger partial charge < -0.3 is 19.5 Å². The predicted octanol–water partition coefficient (Wildman–Crippen LogP) is 5.02. The van der Waals surface area contributed by atoms with Crippen molar-refractivity contribution in [3.05, 3.63) is 101 Å². The number of hydrogen-bond acceptors (Lipinski definition) is 3. The highest BCUT2D eigenvalue weighted by Crippen LogP contribution is 2.38. The van der Waals surface area contributed by atoms with Crippen LogP contribution in [0.2, 0.25) is 0 Å². The lowest BCUT2D eigenvalue weighted by molar-refractivity contribution is 0.174. The first-order valence-corrected chi connectivity index (χ1v) is 12.2. The average Bonchev–Trinajstić information content (AvgIpc) is 3.49. The van der Waals surface area contributed by atoms with Crippen molar-refractivity contribution in [2.24, 2.45) is 0 Å². The van der Waals surface area contributed by atoms with Crippen molar-refractivity contribution in [3.8, 4) is 11.5 Å². The van der Waals surface area contributed by atoms with E-state index in [-0.39, 0.29) is 11.8 Å². The summed E-state index contributed by atoms with van der Waals surface area (Å²) >= 11 is 0. The second-order valence-corrected chi connectivity index (χ2v) is 8.81. The maximum atomic E-state index is 13.8. The summed E-state index contributed by atoms with van der Waals surface area (Å²) in [7, 11) is 1.65. The van der Waals surface area contributed by atoms with Gasteiger partial charge in [0.1, 0.15) is 11.6 Å². The van der Waals surface area contributed by atoms with Crippen LogP contribution in [-0.4, -0.2) is 45.5 Å². The van der Waals surface area contributed by atoms with Gasteiger partial charge in [-0.2, -0.15) is 5.10 Å². The number of aromatic nitrogens is 3. The molecule has 0 saturated carbocycles. The minimum absolute atomic E-state index is 0.185. The molecule has 1 atom stereocenters. The molecule has 1 aliphatic heterocycles. The maximum absolute atomic E-state index is 13.8. The quantitative estimate of drug-likeness (QED) is 0.373. The van der Waals surface area contributed by atoms with E-state index in [0.29, 0.717) is 26.1 Å². The van der Waals surface area contributed by atoms with Gasteiger partial charge in [0.2, 0.25) is 0 Å². The Kier molecular flexibility index (Phi) is 6.86. The lowest BCUT2D eigenvalue weighted by Crippen LogP contribution is -2.42. The average molecular weight is 488 g/mol. The van der Waals surface area contributed by atoms with Crippen LogP contribution in [0.5, 0.6) is 0 Å². The molecule has 0 aliphatic carbocycles. The number of benzene rings is 2. The number of halogens is 1. The SMILES string of the molecule is CCc1nn(-c2ccccc2)c2c1CN(C(=O)NCCCOC)[C@@H](c1ccc(F)cc1)c1cccn1-2. The number of fused-ring (bicyclic) bond motifs is 3. The van der Waals surface area contributed by atoms with Gasteiger partial charge in [-0.15, -0.1) is 0 Å². The van der Waals surface area contributed by atoms with Crippen LogP contribution in [0.3, 0.4) is 0 Å². The van der Waals surface area contributed by atoms with Crippen molar-refractivity contribution in [2.45, 2.75) is 32.4 Å². The molecule has 1 N–H and O–H groups in total. The van der Waals surface area contributed by atoms with Crippen LogP contribution in [-0.2, 0) is 17.7 Å². The van der Waals surface area contributed by atoms with Gasteiger partial charge in [-0.05, 0) is 54.8 Å². The number of rotatable bonds is 7. The monoisotopic (exact) mass is 487 g/mol. The van der Waals surface area contributed by atoms with E-state index in [1.807, 2.05) is 58.2 Å². The molecule has 0 unspecified atom stereocenters. The number of hydrogen-bond donors (Lipinski definition) is 1. The third-order valence-electron chi connectivity index (χ3n) is 6.55. The first-order valence-electron chi connectivity index (χ1n) is 12.2. The molecule has 8 heteroatoms. The van der Waals surface area contributed by atoms with Crippen molar-refractivity contribution in [3.63, 3.8) is 0 Å². The Morgan fingerprint density at radius 1 is 1.11 bits per heavy atom. The minimum atomic E-state index is -0.413. The molecule has 1 aliphatic rings. The van der Waals surface area contributed by atoms with Gasteiger partial charge in [0.25, 0.3) is 0 Å². The summed E-state index contributed by atoms with van der Waals surface area (Å²) in [5.41, 5.74) is 4.63. The standard InChI is InChI=1S/C28H30FN5O2/c1-3-24-23-19-33(28(35)30-16-8-18-36-2)26(20-12-14-21(29)15-13-20)25-11-7-17-32(25)27(23)34(31-24)22-9-5-4-6-10-22/h4-7,9-15,17,26H,3,8,16,18-19H2,1-2H3,(H,30,35)/t26-/m0/s1. The number of carbonyl (C=O) groups excluding carboxylic acids is 1. The Balaban J connectivity index is 1.67. The van der Waals surface area contributed by atoms with E-state index in [9.17, 15) is 9.18 Å². The largest absolute Gasteiger partial charge is 0.385 e. The Morgan fingerprint density at radius 3 is 2.61 bits per heavy atom. The highest BCUT2D eigenvalue weighted by molar-refractivity contribution is 5.76. The number of urea groups is 1.